The first-order valence-electron chi connectivity index (χ1n) is 13.4. The van der Waals surface area contributed by atoms with Crippen molar-refractivity contribution >= 4 is 47.5 Å². The van der Waals surface area contributed by atoms with Crippen LogP contribution in [0.3, 0.4) is 0 Å². The molecule has 0 aliphatic carbocycles. The van der Waals surface area contributed by atoms with Crippen LogP contribution in [0.15, 0.2) is 0 Å². The Kier molecular flexibility index (Phi) is 15.1. The fourth-order valence-corrected chi connectivity index (χ4v) is 4.47. The highest BCUT2D eigenvalue weighted by molar-refractivity contribution is 5.80. The second kappa shape index (κ2) is 17.7. The summed E-state index contributed by atoms with van der Waals surface area (Å²) < 4.78 is 0. The molecule has 1 aliphatic rings. The molecule has 20 heteroatoms. The summed E-state index contributed by atoms with van der Waals surface area (Å²) in [5, 5.41) is 54.1. The first kappa shape index (κ1) is 37.6. The van der Waals surface area contributed by atoms with Gasteiger partial charge in [0.05, 0.1) is 50.1 Å². The van der Waals surface area contributed by atoms with Gasteiger partial charge in [-0.25, -0.2) is 20.0 Å². The van der Waals surface area contributed by atoms with Crippen LogP contribution >= 0.6 is 0 Å². The number of hydrogen-bond acceptors (Lipinski definition) is 16. The van der Waals surface area contributed by atoms with E-state index in [2.05, 4.69) is 0 Å². The normalized spacial score (nSPS) is 16.1. The molecule has 0 aromatic heterocycles. The Hall–Kier alpha value is -4.40. The number of nitrogens with zero attached hydrogens (tertiary/aromatic N) is 8. The molecule has 0 spiro atoms. The SMILES string of the molecule is CC(=O)N(CC(=O)[O-])N1CCN(N(CC(=O)[O-])C(C)=O)CCN(N(CC(=O)[O-])C(C)=O)CCN(N(CC(=O)[O-])C(C)=O)CC1. The molecule has 44 heavy (non-hydrogen) atoms. The van der Waals surface area contributed by atoms with Gasteiger partial charge in [-0.2, -0.15) is 0 Å². The molecule has 1 rings (SSSR count). The summed E-state index contributed by atoms with van der Waals surface area (Å²) in [5.74, 6) is -9.34. The molecular formula is C24H36N8O12-4. The van der Waals surface area contributed by atoms with Crippen LogP contribution in [0.2, 0.25) is 0 Å². The van der Waals surface area contributed by atoms with Crippen molar-refractivity contribution in [1.29, 1.82) is 0 Å². The van der Waals surface area contributed by atoms with E-state index in [0.717, 1.165) is 47.7 Å². The highest BCUT2D eigenvalue weighted by Crippen LogP contribution is 2.10. The number of rotatable bonds is 12. The van der Waals surface area contributed by atoms with Crippen molar-refractivity contribution in [2.75, 3.05) is 78.5 Å². The predicted molar refractivity (Wildman–Crippen MR) is 136 cm³/mol. The van der Waals surface area contributed by atoms with Gasteiger partial charge in [0.25, 0.3) is 0 Å². The molecule has 0 saturated carbocycles. The predicted octanol–water partition coefficient (Wildman–Crippen LogP) is -8.74. The highest BCUT2D eigenvalue weighted by Gasteiger charge is 2.29. The van der Waals surface area contributed by atoms with Crippen molar-refractivity contribution < 1.29 is 58.8 Å². The van der Waals surface area contributed by atoms with Crippen LogP contribution in [0.5, 0.6) is 0 Å². The Morgan fingerprint density at radius 2 is 0.523 bits per heavy atom. The van der Waals surface area contributed by atoms with Crippen molar-refractivity contribution in [3.8, 4) is 0 Å². The van der Waals surface area contributed by atoms with Crippen molar-refractivity contribution in [3.63, 3.8) is 0 Å². The Balaban J connectivity index is 3.69. The lowest BCUT2D eigenvalue weighted by atomic mass is 10.4. The number of aliphatic carboxylic acids is 4. The zero-order valence-electron chi connectivity index (χ0n) is 25.0. The van der Waals surface area contributed by atoms with E-state index in [0.29, 0.717) is 0 Å². The van der Waals surface area contributed by atoms with Crippen molar-refractivity contribution in [1.82, 2.24) is 40.1 Å². The third-order valence-electron chi connectivity index (χ3n) is 6.40. The molecule has 0 atom stereocenters. The van der Waals surface area contributed by atoms with Crippen LogP contribution in [0, 0.1) is 0 Å². The summed E-state index contributed by atoms with van der Waals surface area (Å²) in [6.07, 6.45) is 0. The first-order chi connectivity index (χ1) is 20.4. The van der Waals surface area contributed by atoms with E-state index < -0.39 is 73.7 Å². The number of carbonyl (C=O) groups is 8. The van der Waals surface area contributed by atoms with E-state index >= 15 is 0 Å². The molecule has 0 aromatic carbocycles. The summed E-state index contributed by atoms with van der Waals surface area (Å²) >= 11 is 0. The molecule has 4 amide bonds. The summed E-state index contributed by atoms with van der Waals surface area (Å²) in [5.41, 5.74) is 0. The number of carboxylic acid groups (broad SMARTS) is 4. The molecule has 20 nitrogen and oxygen atoms in total. The minimum Gasteiger partial charge on any atom is -0.548 e. The fourth-order valence-electron chi connectivity index (χ4n) is 4.47. The average molecular weight is 629 g/mol. The molecule has 0 unspecified atom stereocenters. The maximum atomic E-state index is 12.4. The van der Waals surface area contributed by atoms with E-state index in [1.165, 1.54) is 20.0 Å². The minimum atomic E-state index is -1.61. The van der Waals surface area contributed by atoms with E-state index in [1.54, 1.807) is 0 Å². The monoisotopic (exact) mass is 628 g/mol. The maximum absolute atomic E-state index is 12.4. The van der Waals surface area contributed by atoms with Crippen LogP contribution < -0.4 is 20.4 Å². The van der Waals surface area contributed by atoms with Gasteiger partial charge in [-0.3, -0.25) is 39.2 Å². The quantitative estimate of drug-likeness (QED) is 0.194. The van der Waals surface area contributed by atoms with Gasteiger partial charge in [0.15, 0.2) is 0 Å². The summed E-state index contributed by atoms with van der Waals surface area (Å²) in [6, 6.07) is 0. The van der Waals surface area contributed by atoms with E-state index in [-0.39, 0.29) is 52.4 Å². The number of amides is 4. The average Bonchev–Trinajstić information content (AvgIpc) is 2.88. The van der Waals surface area contributed by atoms with Crippen molar-refractivity contribution in [2.24, 2.45) is 0 Å². The number of hydrazine groups is 4. The van der Waals surface area contributed by atoms with Crippen LogP contribution in [-0.4, -0.2) is 166 Å². The summed E-state index contributed by atoms with van der Waals surface area (Å²) in [6.45, 7) is -0.936. The van der Waals surface area contributed by atoms with E-state index in [4.69, 9.17) is 0 Å². The lowest BCUT2D eigenvalue weighted by Gasteiger charge is -2.44. The van der Waals surface area contributed by atoms with Crippen LogP contribution in [0.25, 0.3) is 0 Å². The number of carbonyl (C=O) groups excluding carboxylic acids is 8. The second-order valence-corrected chi connectivity index (χ2v) is 9.61. The second-order valence-electron chi connectivity index (χ2n) is 9.61. The molecule has 1 aliphatic heterocycles. The number of hydrogen-bond donors (Lipinski definition) is 0. The Labute approximate surface area is 253 Å². The topological polar surface area (TPSA) is 255 Å². The third-order valence-corrected chi connectivity index (χ3v) is 6.40. The molecule has 0 radical (unpaired) electrons. The van der Waals surface area contributed by atoms with Gasteiger partial charge in [0, 0.05) is 80.1 Å². The largest absolute Gasteiger partial charge is 0.548 e. The number of carboxylic acids is 4. The van der Waals surface area contributed by atoms with Gasteiger partial charge in [-0.1, -0.05) is 0 Å². The highest BCUT2D eigenvalue weighted by atomic mass is 16.4. The summed E-state index contributed by atoms with van der Waals surface area (Å²) in [7, 11) is 0. The minimum absolute atomic E-state index is 0.215. The smallest absolute Gasteiger partial charge is 0.234 e. The van der Waals surface area contributed by atoms with Crippen molar-refractivity contribution in [2.45, 2.75) is 27.7 Å². The van der Waals surface area contributed by atoms with Gasteiger partial charge in [0.1, 0.15) is 0 Å². The molecule has 0 bridgehead atoms. The standard InChI is InChI=1S/C24H40N8O12/c1-17(33)29(13-21(37)38)25-5-7-26(30(18(2)34)14-22(39)40)9-11-28(32(20(4)36)16-24(43)44)12-10-27(8-6-25)31(19(3)35)15-23(41)42/h5-16H2,1-4H3,(H,37,38)(H,39,40)(H,41,42)(H,43,44)/p-4. The van der Waals surface area contributed by atoms with Gasteiger partial charge in [-0.05, 0) is 0 Å². The zero-order chi connectivity index (χ0) is 33.7. The fraction of sp³-hybridized carbons (Fsp3) is 0.667. The third kappa shape index (κ3) is 12.5. The molecule has 0 aromatic rings. The van der Waals surface area contributed by atoms with E-state index in [9.17, 15) is 58.8 Å². The molecular weight excluding hydrogens is 592 g/mol. The lowest BCUT2D eigenvalue weighted by molar-refractivity contribution is -0.311. The molecule has 1 fully saturated rings. The Morgan fingerprint density at radius 3 is 0.614 bits per heavy atom. The van der Waals surface area contributed by atoms with Gasteiger partial charge < -0.3 is 39.6 Å². The van der Waals surface area contributed by atoms with Crippen LogP contribution in [-0.2, 0) is 38.4 Å². The Morgan fingerprint density at radius 1 is 0.386 bits per heavy atom. The van der Waals surface area contributed by atoms with Gasteiger partial charge in [-0.15, -0.1) is 0 Å². The van der Waals surface area contributed by atoms with Gasteiger partial charge in [0.2, 0.25) is 23.6 Å². The Bertz CT molecular complexity index is 921. The molecule has 0 N–H and O–H groups in total. The van der Waals surface area contributed by atoms with Crippen LogP contribution in [0.4, 0.5) is 0 Å². The molecule has 1 heterocycles. The van der Waals surface area contributed by atoms with E-state index in [1.807, 2.05) is 0 Å². The van der Waals surface area contributed by atoms with Crippen molar-refractivity contribution in [3.05, 3.63) is 0 Å². The molecule has 1 saturated heterocycles. The first-order valence-corrected chi connectivity index (χ1v) is 13.4. The zero-order valence-corrected chi connectivity index (χ0v) is 25.0. The summed E-state index contributed by atoms with van der Waals surface area (Å²) in [4.78, 5) is 95.5. The molecule has 248 valence electrons. The van der Waals surface area contributed by atoms with Crippen LogP contribution in [0.1, 0.15) is 27.7 Å². The van der Waals surface area contributed by atoms with Gasteiger partial charge >= 0.3 is 0 Å². The maximum Gasteiger partial charge on any atom is 0.234 e. The lowest BCUT2D eigenvalue weighted by Crippen LogP contribution is -2.61.